The van der Waals surface area contributed by atoms with Gasteiger partial charge in [-0.1, -0.05) is 15.9 Å². The van der Waals surface area contributed by atoms with E-state index in [0.29, 0.717) is 37.8 Å². The van der Waals surface area contributed by atoms with Crippen molar-refractivity contribution in [2.75, 3.05) is 26.2 Å². The molecule has 0 unspecified atom stereocenters. The van der Waals surface area contributed by atoms with Crippen LogP contribution in [-0.4, -0.2) is 47.8 Å². The van der Waals surface area contributed by atoms with Gasteiger partial charge in [0.05, 0.1) is 5.56 Å². The normalized spacial score (nSPS) is 14.5. The van der Waals surface area contributed by atoms with E-state index in [1.54, 1.807) is 29.2 Å². The first-order chi connectivity index (χ1) is 12.0. The Bertz CT molecular complexity index is 803. The average molecular weight is 409 g/mol. The highest BCUT2D eigenvalue weighted by molar-refractivity contribution is 9.10. The number of amides is 2. The third kappa shape index (κ3) is 3.87. The largest absolute Gasteiger partial charge is 0.335 e. The topological polar surface area (TPSA) is 40.6 Å². The van der Waals surface area contributed by atoms with Crippen molar-refractivity contribution < 1.29 is 18.4 Å². The summed E-state index contributed by atoms with van der Waals surface area (Å²) in [5.41, 5.74) is 0.418. The molecule has 0 aromatic heterocycles. The molecule has 2 aromatic rings. The standard InChI is InChI=1S/C18H15BrF2N2O2/c19-13-3-1-12(2-4-13)17(24)22-7-9-23(10-8-22)18(25)15-6-5-14(20)11-16(15)21/h1-6,11H,7-10H2. The Labute approximate surface area is 152 Å². The van der Waals surface area contributed by atoms with E-state index in [4.69, 9.17) is 0 Å². The van der Waals surface area contributed by atoms with Gasteiger partial charge in [-0.3, -0.25) is 9.59 Å². The van der Waals surface area contributed by atoms with Crippen molar-refractivity contribution in [2.45, 2.75) is 0 Å². The Kier molecular flexibility index (Phi) is 5.13. The highest BCUT2D eigenvalue weighted by atomic mass is 79.9. The van der Waals surface area contributed by atoms with E-state index >= 15 is 0 Å². The zero-order chi connectivity index (χ0) is 18.0. The summed E-state index contributed by atoms with van der Waals surface area (Å²) < 4.78 is 27.6. The number of piperazine rings is 1. The molecular formula is C18H15BrF2N2O2. The van der Waals surface area contributed by atoms with Gasteiger partial charge in [0.25, 0.3) is 11.8 Å². The first kappa shape index (κ1) is 17.5. The zero-order valence-corrected chi connectivity index (χ0v) is 14.8. The van der Waals surface area contributed by atoms with E-state index in [-0.39, 0.29) is 11.5 Å². The van der Waals surface area contributed by atoms with Crippen molar-refractivity contribution in [1.29, 1.82) is 0 Å². The molecule has 7 heteroatoms. The quantitative estimate of drug-likeness (QED) is 0.764. The summed E-state index contributed by atoms with van der Waals surface area (Å²) in [5.74, 6) is -2.20. The molecular weight excluding hydrogens is 394 g/mol. The fourth-order valence-corrected chi connectivity index (χ4v) is 2.99. The number of hydrogen-bond donors (Lipinski definition) is 0. The van der Waals surface area contributed by atoms with Crippen LogP contribution in [0.1, 0.15) is 20.7 Å². The molecule has 0 aliphatic carbocycles. The van der Waals surface area contributed by atoms with Crippen molar-refractivity contribution in [3.63, 3.8) is 0 Å². The van der Waals surface area contributed by atoms with Gasteiger partial charge in [0.1, 0.15) is 11.6 Å². The van der Waals surface area contributed by atoms with Gasteiger partial charge in [0, 0.05) is 42.3 Å². The van der Waals surface area contributed by atoms with Crippen molar-refractivity contribution >= 4 is 27.7 Å². The van der Waals surface area contributed by atoms with Gasteiger partial charge >= 0.3 is 0 Å². The van der Waals surface area contributed by atoms with Gasteiger partial charge in [-0.05, 0) is 36.4 Å². The monoisotopic (exact) mass is 408 g/mol. The Morgan fingerprint density at radius 1 is 0.840 bits per heavy atom. The van der Waals surface area contributed by atoms with E-state index in [1.807, 2.05) is 0 Å². The van der Waals surface area contributed by atoms with E-state index in [2.05, 4.69) is 15.9 Å². The van der Waals surface area contributed by atoms with Crippen LogP contribution in [0, 0.1) is 11.6 Å². The molecule has 1 saturated heterocycles. The van der Waals surface area contributed by atoms with Gasteiger partial charge in [0.2, 0.25) is 0 Å². The molecule has 2 amide bonds. The molecule has 0 N–H and O–H groups in total. The average Bonchev–Trinajstić information content (AvgIpc) is 2.61. The van der Waals surface area contributed by atoms with Crippen LogP contribution in [0.3, 0.4) is 0 Å². The molecule has 0 atom stereocenters. The Morgan fingerprint density at radius 2 is 1.40 bits per heavy atom. The molecule has 2 aromatic carbocycles. The van der Waals surface area contributed by atoms with Crippen LogP contribution in [0.2, 0.25) is 0 Å². The van der Waals surface area contributed by atoms with Crippen molar-refractivity contribution in [3.05, 3.63) is 69.7 Å². The summed E-state index contributed by atoms with van der Waals surface area (Å²) in [6, 6.07) is 9.96. The van der Waals surface area contributed by atoms with Crippen LogP contribution >= 0.6 is 15.9 Å². The zero-order valence-electron chi connectivity index (χ0n) is 13.2. The molecule has 1 heterocycles. The van der Waals surface area contributed by atoms with Crippen molar-refractivity contribution in [3.8, 4) is 0 Å². The summed E-state index contributed by atoms with van der Waals surface area (Å²) in [6.07, 6.45) is 0. The number of benzene rings is 2. The van der Waals surface area contributed by atoms with Crippen LogP contribution in [-0.2, 0) is 0 Å². The third-order valence-electron chi connectivity index (χ3n) is 4.11. The van der Waals surface area contributed by atoms with E-state index < -0.39 is 17.5 Å². The van der Waals surface area contributed by atoms with Crippen LogP contribution < -0.4 is 0 Å². The van der Waals surface area contributed by atoms with Crippen LogP contribution in [0.5, 0.6) is 0 Å². The molecule has 0 saturated carbocycles. The smallest absolute Gasteiger partial charge is 0.256 e. The second-order valence-corrected chi connectivity index (χ2v) is 6.63. The van der Waals surface area contributed by atoms with Gasteiger partial charge in [0.15, 0.2) is 0 Å². The SMILES string of the molecule is O=C(c1ccc(Br)cc1)N1CCN(C(=O)c2ccc(F)cc2F)CC1. The minimum absolute atomic E-state index is 0.104. The molecule has 1 aliphatic heterocycles. The number of nitrogens with zero attached hydrogens (tertiary/aromatic N) is 2. The molecule has 1 aliphatic rings. The van der Waals surface area contributed by atoms with Crippen molar-refractivity contribution in [1.82, 2.24) is 9.80 Å². The fraction of sp³-hybridized carbons (Fsp3) is 0.222. The molecule has 4 nitrogen and oxygen atoms in total. The van der Waals surface area contributed by atoms with Crippen LogP contribution in [0.25, 0.3) is 0 Å². The molecule has 0 radical (unpaired) electrons. The van der Waals surface area contributed by atoms with Crippen LogP contribution in [0.4, 0.5) is 8.78 Å². The first-order valence-electron chi connectivity index (χ1n) is 7.75. The number of hydrogen-bond acceptors (Lipinski definition) is 2. The predicted octanol–water partition coefficient (Wildman–Crippen LogP) is 3.33. The molecule has 0 spiro atoms. The van der Waals surface area contributed by atoms with Gasteiger partial charge in [-0.25, -0.2) is 8.78 Å². The minimum atomic E-state index is -0.877. The summed E-state index contributed by atoms with van der Waals surface area (Å²) in [7, 11) is 0. The maximum Gasteiger partial charge on any atom is 0.256 e. The maximum absolute atomic E-state index is 13.8. The van der Waals surface area contributed by atoms with Gasteiger partial charge in [-0.2, -0.15) is 0 Å². The number of carbonyl (C=O) groups is 2. The van der Waals surface area contributed by atoms with Crippen LogP contribution in [0.15, 0.2) is 46.9 Å². The lowest BCUT2D eigenvalue weighted by molar-refractivity contribution is 0.0532. The summed E-state index contributed by atoms with van der Waals surface area (Å²) in [5, 5.41) is 0. The molecule has 3 rings (SSSR count). The second-order valence-electron chi connectivity index (χ2n) is 5.72. The molecule has 0 bridgehead atoms. The molecule has 1 fully saturated rings. The number of rotatable bonds is 2. The van der Waals surface area contributed by atoms with E-state index in [1.165, 1.54) is 4.90 Å². The predicted molar refractivity (Wildman–Crippen MR) is 92.3 cm³/mol. The number of carbonyl (C=O) groups excluding carboxylic acids is 2. The third-order valence-corrected chi connectivity index (χ3v) is 4.64. The molecule has 130 valence electrons. The lowest BCUT2D eigenvalue weighted by Crippen LogP contribution is -2.50. The first-order valence-corrected chi connectivity index (χ1v) is 8.54. The lowest BCUT2D eigenvalue weighted by atomic mass is 10.1. The summed E-state index contributed by atoms with van der Waals surface area (Å²) >= 11 is 3.32. The summed E-state index contributed by atoms with van der Waals surface area (Å²) in [6.45, 7) is 1.34. The minimum Gasteiger partial charge on any atom is -0.335 e. The maximum atomic E-state index is 13.8. The fourth-order valence-electron chi connectivity index (χ4n) is 2.72. The van der Waals surface area contributed by atoms with E-state index in [9.17, 15) is 18.4 Å². The Morgan fingerprint density at radius 3 is 1.96 bits per heavy atom. The highest BCUT2D eigenvalue weighted by Crippen LogP contribution is 2.16. The number of halogens is 3. The Hall–Kier alpha value is -2.28. The second kappa shape index (κ2) is 7.31. The highest BCUT2D eigenvalue weighted by Gasteiger charge is 2.26. The lowest BCUT2D eigenvalue weighted by Gasteiger charge is -2.35. The molecule has 25 heavy (non-hydrogen) atoms. The summed E-state index contributed by atoms with van der Waals surface area (Å²) in [4.78, 5) is 28.0. The van der Waals surface area contributed by atoms with Crippen molar-refractivity contribution in [2.24, 2.45) is 0 Å². The Balaban J connectivity index is 1.64. The van der Waals surface area contributed by atoms with Gasteiger partial charge in [-0.15, -0.1) is 0 Å². The van der Waals surface area contributed by atoms with Gasteiger partial charge < -0.3 is 9.80 Å². The van der Waals surface area contributed by atoms with E-state index in [0.717, 1.165) is 16.6 Å².